The van der Waals surface area contributed by atoms with Crippen LogP contribution < -0.4 is 9.47 Å². The number of methoxy groups -OCH3 is 1. The van der Waals surface area contributed by atoms with Gasteiger partial charge in [-0.05, 0) is 37.3 Å². The highest BCUT2D eigenvalue weighted by Gasteiger charge is 2.11. The highest BCUT2D eigenvalue weighted by molar-refractivity contribution is 9.10. The van der Waals surface area contributed by atoms with Gasteiger partial charge in [0.05, 0.1) is 24.3 Å². The molecule has 5 heteroatoms. The number of ether oxygens (including phenoxy) is 2. The fourth-order valence-electron chi connectivity index (χ4n) is 1.81. The molecule has 0 unspecified atom stereocenters. The van der Waals surface area contributed by atoms with Gasteiger partial charge >= 0.3 is 0 Å². The molecule has 0 aliphatic rings. The Bertz CT molecular complexity index is 735. The molecule has 2 rings (SSSR count). The molecule has 2 aromatic carbocycles. The Morgan fingerprint density at radius 1 is 1.19 bits per heavy atom. The van der Waals surface area contributed by atoms with E-state index in [1.807, 2.05) is 6.07 Å². The van der Waals surface area contributed by atoms with Gasteiger partial charge in [0.25, 0.3) is 0 Å². The zero-order chi connectivity index (χ0) is 15.4. The molecule has 2 aromatic rings. The van der Waals surface area contributed by atoms with Crippen LogP contribution >= 0.6 is 15.9 Å². The predicted molar refractivity (Wildman–Crippen MR) is 81.9 cm³/mol. The molecule has 0 aromatic heterocycles. The smallest absolute Gasteiger partial charge is 0.163 e. The Morgan fingerprint density at radius 3 is 2.52 bits per heavy atom. The van der Waals surface area contributed by atoms with Crippen molar-refractivity contribution in [2.75, 3.05) is 7.11 Å². The number of rotatable bonds is 4. The van der Waals surface area contributed by atoms with Crippen LogP contribution in [0.2, 0.25) is 0 Å². The van der Waals surface area contributed by atoms with Gasteiger partial charge in [-0.1, -0.05) is 15.9 Å². The number of Topliss-reactive ketones (excluding diaryl/α,β-unsaturated/α-hetero) is 1. The molecule has 106 valence electrons. The lowest BCUT2D eigenvalue weighted by Crippen LogP contribution is -1.97. The van der Waals surface area contributed by atoms with E-state index in [9.17, 15) is 4.79 Å². The Labute approximate surface area is 131 Å². The summed E-state index contributed by atoms with van der Waals surface area (Å²) < 4.78 is 11.7. The van der Waals surface area contributed by atoms with Crippen LogP contribution in [0.1, 0.15) is 22.8 Å². The Balaban J connectivity index is 2.43. The number of halogens is 1. The molecule has 0 bridgehead atoms. The van der Waals surface area contributed by atoms with Gasteiger partial charge in [-0.2, -0.15) is 5.26 Å². The van der Waals surface area contributed by atoms with Crippen molar-refractivity contribution in [3.05, 3.63) is 52.0 Å². The van der Waals surface area contributed by atoms with Crippen molar-refractivity contribution in [2.45, 2.75) is 6.92 Å². The summed E-state index contributed by atoms with van der Waals surface area (Å²) in [6.07, 6.45) is 0. The summed E-state index contributed by atoms with van der Waals surface area (Å²) in [5.74, 6) is 1.29. The Hall–Kier alpha value is -2.32. The summed E-state index contributed by atoms with van der Waals surface area (Å²) >= 11 is 3.32. The van der Waals surface area contributed by atoms with E-state index in [1.165, 1.54) is 14.0 Å². The minimum atomic E-state index is -0.102. The molecule has 0 radical (unpaired) electrons. The average molecular weight is 346 g/mol. The van der Waals surface area contributed by atoms with Gasteiger partial charge in [-0.15, -0.1) is 0 Å². The first-order chi connectivity index (χ1) is 10.0. The molecule has 21 heavy (non-hydrogen) atoms. The molecule has 4 nitrogen and oxygen atoms in total. The van der Waals surface area contributed by atoms with E-state index in [4.69, 9.17) is 14.7 Å². The molecule has 0 atom stereocenters. The number of hydrogen-bond acceptors (Lipinski definition) is 4. The first-order valence-corrected chi connectivity index (χ1v) is 6.90. The van der Waals surface area contributed by atoms with Crippen molar-refractivity contribution in [2.24, 2.45) is 0 Å². The summed E-state index contributed by atoms with van der Waals surface area (Å²) in [7, 11) is 1.51. The second-order valence-corrected chi connectivity index (χ2v) is 5.22. The van der Waals surface area contributed by atoms with Gasteiger partial charge < -0.3 is 9.47 Å². The lowest BCUT2D eigenvalue weighted by atomic mass is 10.1. The number of carbonyl (C=O) groups is 1. The number of hydrogen-bond donors (Lipinski definition) is 0. The van der Waals surface area contributed by atoms with Crippen LogP contribution in [0, 0.1) is 11.3 Å². The largest absolute Gasteiger partial charge is 0.497 e. The van der Waals surface area contributed by atoms with Gasteiger partial charge in [-0.3, -0.25) is 4.79 Å². The van der Waals surface area contributed by atoms with Gasteiger partial charge in [0.1, 0.15) is 17.2 Å². The van der Waals surface area contributed by atoms with Gasteiger partial charge in [0, 0.05) is 10.5 Å². The second-order valence-electron chi connectivity index (χ2n) is 4.31. The van der Waals surface area contributed by atoms with E-state index in [1.54, 1.807) is 36.4 Å². The van der Waals surface area contributed by atoms with Crippen LogP contribution in [0.25, 0.3) is 0 Å². The van der Waals surface area contributed by atoms with Gasteiger partial charge in [0.15, 0.2) is 5.78 Å². The van der Waals surface area contributed by atoms with Crippen molar-refractivity contribution < 1.29 is 14.3 Å². The maximum Gasteiger partial charge on any atom is 0.163 e. The summed E-state index contributed by atoms with van der Waals surface area (Å²) in [5.41, 5.74) is 0.886. The quantitative estimate of drug-likeness (QED) is 0.774. The minimum Gasteiger partial charge on any atom is -0.497 e. The van der Waals surface area contributed by atoms with E-state index in [0.717, 1.165) is 4.47 Å². The van der Waals surface area contributed by atoms with Crippen LogP contribution in [0.4, 0.5) is 0 Å². The van der Waals surface area contributed by atoms with Gasteiger partial charge in [-0.25, -0.2) is 0 Å². The zero-order valence-corrected chi connectivity index (χ0v) is 13.1. The minimum absolute atomic E-state index is 0.102. The molecular weight excluding hydrogens is 334 g/mol. The lowest BCUT2D eigenvalue weighted by Gasteiger charge is -2.11. The molecule has 0 saturated heterocycles. The number of nitrogens with zero attached hydrogens (tertiary/aromatic N) is 1. The maximum absolute atomic E-state index is 11.7. The predicted octanol–water partition coefficient (Wildman–Crippen LogP) is 4.32. The van der Waals surface area contributed by atoms with Crippen LogP contribution in [-0.2, 0) is 0 Å². The first kappa shape index (κ1) is 15.1. The molecule has 0 aliphatic carbocycles. The number of ketones is 1. The van der Waals surface area contributed by atoms with E-state index in [2.05, 4.69) is 15.9 Å². The number of benzene rings is 2. The molecule has 0 amide bonds. The van der Waals surface area contributed by atoms with Crippen LogP contribution in [0.15, 0.2) is 40.9 Å². The number of carbonyl (C=O) groups excluding carboxylic acids is 1. The van der Waals surface area contributed by atoms with Crippen molar-refractivity contribution >= 4 is 21.7 Å². The van der Waals surface area contributed by atoms with Gasteiger partial charge in [0.2, 0.25) is 0 Å². The third-order valence-corrected chi connectivity index (χ3v) is 3.29. The normalized spacial score (nSPS) is 9.81. The molecular formula is C16H12BrNO3. The first-order valence-electron chi connectivity index (χ1n) is 6.11. The standard InChI is InChI=1S/C16H12BrNO3/c1-10(19)15-7-12(17)3-4-16(15)21-14-6-11(9-18)5-13(8-14)20-2/h3-8H,1-2H3. The van der Waals surface area contributed by atoms with Crippen molar-refractivity contribution in [1.82, 2.24) is 0 Å². The third-order valence-electron chi connectivity index (χ3n) is 2.79. The summed E-state index contributed by atoms with van der Waals surface area (Å²) in [6, 6.07) is 12.1. The molecule has 0 heterocycles. The lowest BCUT2D eigenvalue weighted by molar-refractivity contribution is 0.101. The fourth-order valence-corrected chi connectivity index (χ4v) is 2.17. The highest BCUT2D eigenvalue weighted by atomic mass is 79.9. The van der Waals surface area contributed by atoms with Crippen molar-refractivity contribution in [3.63, 3.8) is 0 Å². The van der Waals surface area contributed by atoms with Crippen LogP contribution in [0.5, 0.6) is 17.2 Å². The molecule has 0 fully saturated rings. The fraction of sp³-hybridized carbons (Fsp3) is 0.125. The topological polar surface area (TPSA) is 59.3 Å². The Morgan fingerprint density at radius 2 is 1.90 bits per heavy atom. The van der Waals surface area contributed by atoms with E-state index in [0.29, 0.717) is 28.4 Å². The number of nitriles is 1. The third kappa shape index (κ3) is 3.61. The molecule has 0 spiro atoms. The van der Waals surface area contributed by atoms with Crippen molar-refractivity contribution in [1.29, 1.82) is 5.26 Å². The second kappa shape index (κ2) is 6.42. The summed E-state index contributed by atoms with van der Waals surface area (Å²) in [5, 5.41) is 9.01. The average Bonchev–Trinajstić information content (AvgIpc) is 2.48. The monoisotopic (exact) mass is 345 g/mol. The zero-order valence-electron chi connectivity index (χ0n) is 11.5. The highest BCUT2D eigenvalue weighted by Crippen LogP contribution is 2.31. The molecule has 0 N–H and O–H groups in total. The van der Waals surface area contributed by atoms with Crippen molar-refractivity contribution in [3.8, 4) is 23.3 Å². The van der Waals surface area contributed by atoms with E-state index >= 15 is 0 Å². The Kier molecular flexibility index (Phi) is 4.61. The summed E-state index contributed by atoms with van der Waals surface area (Å²) in [4.78, 5) is 11.7. The maximum atomic E-state index is 11.7. The SMILES string of the molecule is COc1cc(C#N)cc(Oc2ccc(Br)cc2C(C)=O)c1. The van der Waals surface area contributed by atoms with Crippen LogP contribution in [-0.4, -0.2) is 12.9 Å². The van der Waals surface area contributed by atoms with Crippen LogP contribution in [0.3, 0.4) is 0 Å². The summed E-state index contributed by atoms with van der Waals surface area (Å²) in [6.45, 7) is 1.47. The molecule has 0 aliphatic heterocycles. The van der Waals surface area contributed by atoms with E-state index < -0.39 is 0 Å². The van der Waals surface area contributed by atoms with E-state index in [-0.39, 0.29) is 5.78 Å². The molecule has 0 saturated carbocycles.